The van der Waals surface area contributed by atoms with E-state index in [1.807, 2.05) is 17.4 Å². The number of furan rings is 1. The van der Waals surface area contributed by atoms with Gasteiger partial charge in [-0.3, -0.25) is 0 Å². The van der Waals surface area contributed by atoms with Crippen LogP contribution in [-0.2, 0) is 0 Å². The number of nitrogens with zero attached hydrogens (tertiary/aromatic N) is 1. The summed E-state index contributed by atoms with van der Waals surface area (Å²) in [5.74, 6) is 1.71. The average Bonchev–Trinajstić information content (AvgIpc) is 3.83. The Balaban J connectivity index is 1.05. The summed E-state index contributed by atoms with van der Waals surface area (Å²) in [4.78, 5) is 2.37. The Labute approximate surface area is 326 Å². The highest BCUT2D eigenvalue weighted by Gasteiger charge is 2.26. The minimum Gasteiger partial charge on any atom is -0.456 e. The van der Waals surface area contributed by atoms with Gasteiger partial charge in [-0.1, -0.05) is 121 Å². The molecule has 0 saturated heterocycles. The van der Waals surface area contributed by atoms with Crippen LogP contribution in [0, 0.1) is 0 Å². The van der Waals surface area contributed by atoms with E-state index in [1.54, 1.807) is 0 Å². The molecule has 3 nitrogen and oxygen atoms in total. The molecule has 2 aromatic heterocycles. The first kappa shape index (κ1) is 31.2. The average molecular weight is 734 g/mol. The van der Waals surface area contributed by atoms with Crippen molar-refractivity contribution in [1.29, 1.82) is 0 Å². The van der Waals surface area contributed by atoms with E-state index in [-0.39, 0.29) is 0 Å². The second-order valence-electron chi connectivity index (χ2n) is 14.4. The van der Waals surface area contributed by atoms with Crippen molar-refractivity contribution in [3.8, 4) is 44.9 Å². The molecule has 1 aliphatic heterocycles. The largest absolute Gasteiger partial charge is 0.456 e. The summed E-state index contributed by atoms with van der Waals surface area (Å²) in [5, 5.41) is 6.92. The molecule has 4 heteroatoms. The minimum absolute atomic E-state index is 0.850. The molecule has 0 bridgehead atoms. The maximum Gasteiger partial charge on any atom is 0.159 e. The maximum absolute atomic E-state index is 6.84. The van der Waals surface area contributed by atoms with Crippen molar-refractivity contribution in [2.24, 2.45) is 0 Å². The van der Waals surface area contributed by atoms with Gasteiger partial charge in [0.25, 0.3) is 0 Å². The van der Waals surface area contributed by atoms with Gasteiger partial charge >= 0.3 is 0 Å². The van der Waals surface area contributed by atoms with Crippen molar-refractivity contribution in [3.63, 3.8) is 0 Å². The standard InChI is InChI=1S/C52H31NO2S/c1-2-11-32(12-3-1)33-13-8-14-34(29-33)35-23-25-38-40-17-9-19-42-44(26-27-47(51(40)42)54-48(38)30-35)53(36-24-28-50-43(31-36)39-16-5-7-22-49(39)56-50)45-20-10-18-41-37-15-4-6-21-46(37)55-52(41)45/h1-31H. The van der Waals surface area contributed by atoms with Gasteiger partial charge in [-0.25, -0.2) is 0 Å². The molecule has 12 rings (SSSR count). The number of benzene rings is 9. The van der Waals surface area contributed by atoms with Crippen molar-refractivity contribution >= 4 is 81.3 Å². The summed E-state index contributed by atoms with van der Waals surface area (Å²) in [6, 6.07) is 67.1. The Morgan fingerprint density at radius 3 is 2.04 bits per heavy atom. The Bertz CT molecular complexity index is 3360. The van der Waals surface area contributed by atoms with Crippen LogP contribution in [0.25, 0.3) is 86.3 Å². The normalized spacial score (nSPS) is 12.1. The molecule has 0 saturated carbocycles. The highest BCUT2D eigenvalue weighted by atomic mass is 32.1. The molecule has 0 aliphatic carbocycles. The third-order valence-corrected chi connectivity index (χ3v) is 12.4. The van der Waals surface area contributed by atoms with Crippen LogP contribution in [0.1, 0.15) is 0 Å². The lowest BCUT2D eigenvalue weighted by atomic mass is 9.91. The second kappa shape index (κ2) is 12.2. The van der Waals surface area contributed by atoms with Crippen LogP contribution in [0.15, 0.2) is 192 Å². The zero-order valence-electron chi connectivity index (χ0n) is 30.1. The van der Waals surface area contributed by atoms with Gasteiger partial charge in [0.15, 0.2) is 5.58 Å². The van der Waals surface area contributed by atoms with Gasteiger partial charge in [-0.15, -0.1) is 11.3 Å². The molecule has 0 spiro atoms. The summed E-state index contributed by atoms with van der Waals surface area (Å²) in [6.07, 6.45) is 0. The lowest BCUT2D eigenvalue weighted by molar-refractivity contribution is 0.487. The molecular weight excluding hydrogens is 703 g/mol. The van der Waals surface area contributed by atoms with Gasteiger partial charge in [-0.2, -0.15) is 0 Å². The van der Waals surface area contributed by atoms with Crippen LogP contribution >= 0.6 is 11.3 Å². The number of ether oxygens (including phenoxy) is 1. The first-order valence-corrected chi connectivity index (χ1v) is 19.7. The molecular formula is C52H31NO2S. The minimum atomic E-state index is 0.850. The zero-order chi connectivity index (χ0) is 36.7. The van der Waals surface area contributed by atoms with Crippen LogP contribution < -0.4 is 9.64 Å². The number of anilines is 3. The van der Waals surface area contributed by atoms with Crippen molar-refractivity contribution in [2.45, 2.75) is 0 Å². The number of hydrogen-bond donors (Lipinski definition) is 0. The Morgan fingerprint density at radius 2 is 1.11 bits per heavy atom. The van der Waals surface area contributed by atoms with E-state index < -0.39 is 0 Å². The predicted molar refractivity (Wildman–Crippen MR) is 235 cm³/mol. The predicted octanol–water partition coefficient (Wildman–Crippen LogP) is 15.7. The van der Waals surface area contributed by atoms with E-state index in [1.165, 1.54) is 31.3 Å². The fourth-order valence-corrected chi connectivity index (χ4v) is 9.76. The van der Waals surface area contributed by atoms with Gasteiger partial charge in [0, 0.05) is 53.0 Å². The van der Waals surface area contributed by atoms with Crippen LogP contribution in [0.2, 0.25) is 0 Å². The SMILES string of the molecule is c1ccc(-c2cccc(-c3ccc4c(c3)Oc3ccc(N(c5ccc6sc7ccccc7c6c5)c5cccc6c5oc5ccccc56)c5cccc-4c35)c2)cc1. The van der Waals surface area contributed by atoms with Crippen LogP contribution in [0.5, 0.6) is 11.5 Å². The molecule has 262 valence electrons. The molecule has 0 fully saturated rings. The summed E-state index contributed by atoms with van der Waals surface area (Å²) in [6.45, 7) is 0. The van der Waals surface area contributed by atoms with Gasteiger partial charge < -0.3 is 14.1 Å². The van der Waals surface area contributed by atoms with Gasteiger partial charge in [0.2, 0.25) is 0 Å². The Hall–Kier alpha value is -7.14. The van der Waals surface area contributed by atoms with Gasteiger partial charge in [0.1, 0.15) is 17.1 Å². The smallest absolute Gasteiger partial charge is 0.159 e. The van der Waals surface area contributed by atoms with E-state index >= 15 is 0 Å². The van der Waals surface area contributed by atoms with E-state index in [0.717, 1.165) is 83.5 Å². The summed E-state index contributed by atoms with van der Waals surface area (Å²) in [7, 11) is 0. The van der Waals surface area contributed by atoms with Gasteiger partial charge in [-0.05, 0) is 94.5 Å². The second-order valence-corrected chi connectivity index (χ2v) is 15.5. The van der Waals surface area contributed by atoms with E-state index in [0.29, 0.717) is 0 Å². The molecule has 11 aromatic rings. The Kier molecular flexibility index (Phi) is 6.80. The fourth-order valence-electron chi connectivity index (χ4n) is 8.67. The van der Waals surface area contributed by atoms with E-state index in [2.05, 4.69) is 187 Å². The lowest BCUT2D eigenvalue weighted by Gasteiger charge is -2.29. The zero-order valence-corrected chi connectivity index (χ0v) is 30.9. The van der Waals surface area contributed by atoms with Crippen molar-refractivity contribution < 1.29 is 9.15 Å². The van der Waals surface area contributed by atoms with E-state index in [4.69, 9.17) is 9.15 Å². The van der Waals surface area contributed by atoms with Crippen LogP contribution in [0.4, 0.5) is 17.1 Å². The molecule has 0 N–H and O–H groups in total. The van der Waals surface area contributed by atoms with E-state index in [9.17, 15) is 0 Å². The molecule has 0 amide bonds. The third kappa shape index (κ3) is 4.76. The molecule has 0 unspecified atom stereocenters. The maximum atomic E-state index is 6.84. The number of fused-ring (bicyclic) bond motifs is 8. The monoisotopic (exact) mass is 733 g/mol. The summed E-state index contributed by atoms with van der Waals surface area (Å²) >= 11 is 1.84. The van der Waals surface area contributed by atoms with Crippen LogP contribution in [-0.4, -0.2) is 0 Å². The summed E-state index contributed by atoms with van der Waals surface area (Å²) < 4.78 is 16.1. The lowest BCUT2D eigenvalue weighted by Crippen LogP contribution is -2.11. The number of para-hydroxylation sites is 2. The number of rotatable bonds is 5. The molecule has 1 aliphatic rings. The highest BCUT2D eigenvalue weighted by Crippen LogP contribution is 2.52. The van der Waals surface area contributed by atoms with Gasteiger partial charge in [0.05, 0.1) is 11.4 Å². The molecule has 3 heterocycles. The first-order chi connectivity index (χ1) is 27.7. The highest BCUT2D eigenvalue weighted by molar-refractivity contribution is 7.25. The Morgan fingerprint density at radius 1 is 0.393 bits per heavy atom. The van der Waals surface area contributed by atoms with Crippen molar-refractivity contribution in [1.82, 2.24) is 0 Å². The number of hydrogen-bond acceptors (Lipinski definition) is 4. The molecule has 9 aromatic carbocycles. The molecule has 0 atom stereocenters. The third-order valence-electron chi connectivity index (χ3n) is 11.3. The number of thiophene rings is 1. The first-order valence-electron chi connectivity index (χ1n) is 18.9. The molecule has 56 heavy (non-hydrogen) atoms. The summed E-state index contributed by atoms with van der Waals surface area (Å²) in [5.41, 5.74) is 11.8. The topological polar surface area (TPSA) is 25.6 Å². The van der Waals surface area contributed by atoms with Crippen molar-refractivity contribution in [3.05, 3.63) is 188 Å². The fraction of sp³-hybridized carbons (Fsp3) is 0. The molecule has 0 radical (unpaired) electrons. The quantitative estimate of drug-likeness (QED) is 0.176. The van der Waals surface area contributed by atoms with Crippen molar-refractivity contribution in [2.75, 3.05) is 4.90 Å². The van der Waals surface area contributed by atoms with Crippen LogP contribution in [0.3, 0.4) is 0 Å².